The molecule has 166 valence electrons. The molecule has 1 atom stereocenters. The van der Waals surface area contributed by atoms with Crippen molar-refractivity contribution in [2.45, 2.75) is 13.0 Å². The van der Waals surface area contributed by atoms with Crippen LogP contribution in [0.3, 0.4) is 0 Å². The Morgan fingerprint density at radius 2 is 2.09 bits per heavy atom. The molecular weight excluding hydrogens is 464 g/mol. The Hall–Kier alpha value is -3.62. The first-order chi connectivity index (χ1) is 16.0. The van der Waals surface area contributed by atoms with Crippen LogP contribution >= 0.6 is 22.9 Å². The van der Waals surface area contributed by atoms with Gasteiger partial charge in [-0.2, -0.15) is 0 Å². The number of aliphatic hydroxyl groups is 1. The number of benzene rings is 2. The van der Waals surface area contributed by atoms with Gasteiger partial charge in [0, 0.05) is 5.02 Å². The predicted molar refractivity (Wildman–Crippen MR) is 125 cm³/mol. The lowest BCUT2D eigenvalue weighted by Gasteiger charge is -2.24. The maximum Gasteiger partial charge on any atom is 0.296 e. The predicted octanol–water partition coefficient (Wildman–Crippen LogP) is 5.72. The van der Waals surface area contributed by atoms with Gasteiger partial charge >= 0.3 is 0 Å². The molecule has 0 radical (unpaired) electrons. The number of hydrogen-bond donors (Lipinski definition) is 1. The fourth-order valence-corrected chi connectivity index (χ4v) is 5.04. The van der Waals surface area contributed by atoms with Gasteiger partial charge in [0.25, 0.3) is 5.91 Å². The Bertz CT molecular complexity index is 1410. The van der Waals surface area contributed by atoms with Crippen LogP contribution in [0.2, 0.25) is 5.02 Å². The molecule has 0 unspecified atom stereocenters. The smallest absolute Gasteiger partial charge is 0.296 e. The fraction of sp³-hybridized carbons (Fsp3) is 0.125. The number of rotatable bonds is 6. The van der Waals surface area contributed by atoms with E-state index in [2.05, 4.69) is 4.98 Å². The molecule has 1 amide bonds. The zero-order valence-corrected chi connectivity index (χ0v) is 18.9. The molecule has 2 aromatic heterocycles. The van der Waals surface area contributed by atoms with Gasteiger partial charge in [-0.15, -0.1) is 0 Å². The minimum Gasteiger partial charge on any atom is -0.503 e. The van der Waals surface area contributed by atoms with Crippen molar-refractivity contribution < 1.29 is 23.8 Å². The van der Waals surface area contributed by atoms with Crippen LogP contribution in [0.25, 0.3) is 10.2 Å². The zero-order valence-electron chi connectivity index (χ0n) is 17.3. The lowest BCUT2D eigenvalue weighted by Crippen LogP contribution is -2.30. The summed E-state index contributed by atoms with van der Waals surface area (Å²) in [6, 6.07) is 14.4. The molecule has 0 saturated heterocycles. The number of furan rings is 1. The number of thiazole rings is 1. The average molecular weight is 481 g/mol. The Kier molecular flexibility index (Phi) is 5.39. The summed E-state index contributed by atoms with van der Waals surface area (Å²) in [5.74, 6) is -1.24. The molecule has 1 N–H and O–H groups in total. The summed E-state index contributed by atoms with van der Waals surface area (Å²) in [7, 11) is 0. The number of ether oxygens (including phenoxy) is 1. The molecule has 0 saturated carbocycles. The Morgan fingerprint density at radius 3 is 2.82 bits per heavy atom. The lowest BCUT2D eigenvalue weighted by molar-refractivity contribution is -0.117. The average Bonchev–Trinajstić information content (AvgIpc) is 3.52. The molecule has 9 heteroatoms. The standard InChI is InChI=1S/C24H17ClN2O5S/c1-2-31-15-8-9-16-18(12-15)33-24(26-16)27-20(13-5-3-6-14(25)11-13)19(22(29)23(27)30)21(28)17-7-4-10-32-17/h3-12,20,29H,2H2,1H3/t20-/m0/s1. The van der Waals surface area contributed by atoms with Crippen LogP contribution in [0.1, 0.15) is 29.1 Å². The quantitative estimate of drug-likeness (QED) is 0.354. The highest BCUT2D eigenvalue weighted by atomic mass is 35.5. The number of ketones is 1. The summed E-state index contributed by atoms with van der Waals surface area (Å²) < 4.78 is 11.6. The number of halogens is 1. The third-order valence-corrected chi connectivity index (χ3v) is 6.48. The second-order valence-electron chi connectivity index (χ2n) is 7.26. The Labute approximate surface area is 197 Å². The van der Waals surface area contributed by atoms with Gasteiger partial charge in [-0.3, -0.25) is 14.5 Å². The van der Waals surface area contributed by atoms with Crippen LogP contribution in [-0.2, 0) is 4.79 Å². The molecule has 0 bridgehead atoms. The topological polar surface area (TPSA) is 92.9 Å². The largest absolute Gasteiger partial charge is 0.503 e. The molecule has 1 aliphatic heterocycles. The molecular formula is C24H17ClN2O5S. The van der Waals surface area contributed by atoms with Crippen LogP contribution in [0.4, 0.5) is 5.13 Å². The molecule has 33 heavy (non-hydrogen) atoms. The number of fused-ring (bicyclic) bond motifs is 1. The molecule has 4 aromatic rings. The van der Waals surface area contributed by atoms with E-state index in [1.54, 1.807) is 42.5 Å². The maximum atomic E-state index is 13.2. The van der Waals surface area contributed by atoms with Crippen LogP contribution in [0.5, 0.6) is 5.75 Å². The van der Waals surface area contributed by atoms with E-state index in [-0.39, 0.29) is 11.3 Å². The second-order valence-corrected chi connectivity index (χ2v) is 8.71. The summed E-state index contributed by atoms with van der Waals surface area (Å²) in [6.45, 7) is 2.42. The van der Waals surface area contributed by atoms with Gasteiger partial charge in [-0.05, 0) is 55.0 Å². The number of nitrogens with zero attached hydrogens (tertiary/aromatic N) is 2. The summed E-state index contributed by atoms with van der Waals surface area (Å²) in [5.41, 5.74) is 1.14. The van der Waals surface area contributed by atoms with Crippen molar-refractivity contribution >= 4 is 50.0 Å². The summed E-state index contributed by atoms with van der Waals surface area (Å²) in [5, 5.41) is 11.6. The number of amides is 1. The minimum atomic E-state index is -0.930. The van der Waals surface area contributed by atoms with Gasteiger partial charge in [-0.1, -0.05) is 35.1 Å². The van der Waals surface area contributed by atoms with Crippen LogP contribution in [-0.4, -0.2) is 28.4 Å². The van der Waals surface area contributed by atoms with Crippen molar-refractivity contribution in [2.75, 3.05) is 11.5 Å². The number of aliphatic hydroxyl groups excluding tert-OH is 1. The van der Waals surface area contributed by atoms with Crippen molar-refractivity contribution in [1.29, 1.82) is 0 Å². The Balaban J connectivity index is 1.65. The van der Waals surface area contributed by atoms with Gasteiger partial charge in [0.1, 0.15) is 5.75 Å². The van der Waals surface area contributed by atoms with Gasteiger partial charge < -0.3 is 14.3 Å². The molecule has 3 heterocycles. The van der Waals surface area contributed by atoms with Crippen LogP contribution < -0.4 is 9.64 Å². The van der Waals surface area contributed by atoms with E-state index in [4.69, 9.17) is 20.8 Å². The number of Topliss-reactive ketones (excluding diaryl/α,β-unsaturated/α-hetero) is 1. The molecule has 0 spiro atoms. The van der Waals surface area contributed by atoms with E-state index in [1.165, 1.54) is 28.6 Å². The number of anilines is 1. The molecule has 7 nitrogen and oxygen atoms in total. The van der Waals surface area contributed by atoms with E-state index in [0.29, 0.717) is 33.6 Å². The van der Waals surface area contributed by atoms with E-state index in [0.717, 1.165) is 4.70 Å². The van der Waals surface area contributed by atoms with E-state index in [1.807, 2.05) is 13.0 Å². The molecule has 2 aromatic carbocycles. The minimum absolute atomic E-state index is 0.0175. The van der Waals surface area contributed by atoms with Crippen LogP contribution in [0, 0.1) is 0 Å². The first-order valence-electron chi connectivity index (χ1n) is 10.1. The molecule has 5 rings (SSSR count). The summed E-state index contributed by atoms with van der Waals surface area (Å²) in [6.07, 6.45) is 1.36. The maximum absolute atomic E-state index is 13.2. The summed E-state index contributed by atoms with van der Waals surface area (Å²) in [4.78, 5) is 32.4. The molecule has 0 aliphatic carbocycles. The van der Waals surface area contributed by atoms with Crippen molar-refractivity contribution in [3.05, 3.63) is 88.5 Å². The van der Waals surface area contributed by atoms with Crippen molar-refractivity contribution in [2.24, 2.45) is 0 Å². The van der Waals surface area contributed by atoms with Crippen molar-refractivity contribution in [1.82, 2.24) is 4.98 Å². The zero-order chi connectivity index (χ0) is 23.1. The summed E-state index contributed by atoms with van der Waals surface area (Å²) >= 11 is 7.48. The highest BCUT2D eigenvalue weighted by Crippen LogP contribution is 2.44. The van der Waals surface area contributed by atoms with Gasteiger partial charge in [0.05, 0.1) is 34.7 Å². The van der Waals surface area contributed by atoms with E-state index in [9.17, 15) is 14.7 Å². The van der Waals surface area contributed by atoms with E-state index < -0.39 is 23.5 Å². The van der Waals surface area contributed by atoms with Gasteiger partial charge in [0.15, 0.2) is 16.7 Å². The molecule has 1 aliphatic rings. The lowest BCUT2D eigenvalue weighted by atomic mass is 9.95. The molecule has 0 fully saturated rings. The highest BCUT2D eigenvalue weighted by Gasteiger charge is 2.46. The third-order valence-electron chi connectivity index (χ3n) is 5.23. The monoisotopic (exact) mass is 480 g/mol. The number of hydrogen-bond acceptors (Lipinski definition) is 7. The number of carbonyl (C=O) groups excluding carboxylic acids is 2. The van der Waals surface area contributed by atoms with E-state index >= 15 is 0 Å². The highest BCUT2D eigenvalue weighted by molar-refractivity contribution is 7.22. The first-order valence-corrected chi connectivity index (χ1v) is 11.3. The Morgan fingerprint density at radius 1 is 1.24 bits per heavy atom. The number of carbonyl (C=O) groups is 2. The van der Waals surface area contributed by atoms with Crippen LogP contribution in [0.15, 0.2) is 76.6 Å². The van der Waals surface area contributed by atoms with Crippen molar-refractivity contribution in [3.63, 3.8) is 0 Å². The van der Waals surface area contributed by atoms with Gasteiger partial charge in [-0.25, -0.2) is 4.98 Å². The second kappa shape index (κ2) is 8.38. The third kappa shape index (κ3) is 3.67. The first kappa shape index (κ1) is 21.2. The number of aromatic nitrogens is 1. The van der Waals surface area contributed by atoms with Crippen molar-refractivity contribution in [3.8, 4) is 5.75 Å². The SMILES string of the molecule is CCOc1ccc2nc(N3C(=O)C(O)=C(C(=O)c4ccco4)[C@@H]3c3cccc(Cl)c3)sc2c1. The van der Waals surface area contributed by atoms with Gasteiger partial charge in [0.2, 0.25) is 5.78 Å². The fourth-order valence-electron chi connectivity index (χ4n) is 3.82. The normalized spacial score (nSPS) is 16.1.